The average Bonchev–Trinajstić information content (AvgIpc) is 0.716. The summed E-state index contributed by atoms with van der Waals surface area (Å²) in [5.41, 5.74) is 4.53. The van der Waals surface area contributed by atoms with Gasteiger partial charge in [0.15, 0.2) is 11.6 Å². The highest BCUT2D eigenvalue weighted by molar-refractivity contribution is 6.90. The second-order valence-electron chi connectivity index (χ2n) is 26.2. The standard InChI is InChI=1S/C76H74F2N2Si4/c1-81(2,3)59-31-19-23-53(47-59)63-41-45-69(75(77)73(63)55-25-21-33-61(49-55)83(7,8)9)79(57-27-15-13-16-28-57)67-43-37-51-36-40-66-68(44-38-52-35-39-65(67)71(51)72(52)66)80(58-29-17-14-18-30-58)70-46-42-64(54-24-20-32-60(48-54)82(4,5)6)74(76(70)78)56-26-22-34-62(50-56)84(10,11)12/h13-50H,1-12H3/i13D,14D,15D,16D,17D,18D,27D,28D,29D,30D. The highest BCUT2D eigenvalue weighted by Gasteiger charge is 2.30. The molecule has 0 atom stereocenters. The van der Waals surface area contributed by atoms with Crippen LogP contribution in [0.2, 0.25) is 78.6 Å². The summed E-state index contributed by atoms with van der Waals surface area (Å²) in [7, 11) is -7.76. The Labute approximate surface area is 514 Å². The zero-order chi connectivity index (χ0) is 67.7. The van der Waals surface area contributed by atoms with E-state index in [1.165, 1.54) is 20.2 Å². The zero-order valence-electron chi connectivity index (χ0n) is 59.8. The molecule has 0 aliphatic carbocycles. The minimum atomic E-state index is -1.99. The topological polar surface area (TPSA) is 6.48 Å². The van der Waals surface area contributed by atoms with E-state index in [4.69, 9.17) is 8.22 Å². The molecule has 0 unspecified atom stereocenters. The molecule has 2 nitrogen and oxygen atoms in total. The van der Waals surface area contributed by atoms with Gasteiger partial charge in [-0.05, 0) is 103 Å². The molecule has 0 fully saturated rings. The van der Waals surface area contributed by atoms with Crippen LogP contribution >= 0.6 is 0 Å². The molecule has 8 heteroatoms. The first-order chi connectivity index (χ1) is 44.2. The van der Waals surface area contributed by atoms with Gasteiger partial charge in [0, 0.05) is 33.3 Å². The van der Waals surface area contributed by atoms with Gasteiger partial charge in [-0.15, -0.1) is 0 Å². The molecule has 0 saturated heterocycles. The third-order valence-corrected chi connectivity index (χ3v) is 24.5. The highest BCUT2D eigenvalue weighted by Crippen LogP contribution is 2.51. The van der Waals surface area contributed by atoms with Gasteiger partial charge in [-0.25, -0.2) is 8.78 Å². The first kappa shape index (κ1) is 45.4. The van der Waals surface area contributed by atoms with Crippen molar-refractivity contribution in [3.8, 4) is 44.5 Å². The van der Waals surface area contributed by atoms with Crippen molar-refractivity contribution < 1.29 is 22.5 Å². The van der Waals surface area contributed by atoms with Crippen LogP contribution in [0.4, 0.5) is 42.9 Å². The number of halogens is 2. The van der Waals surface area contributed by atoms with E-state index in [2.05, 4.69) is 127 Å². The molecule has 0 radical (unpaired) electrons. The third-order valence-electron chi connectivity index (χ3n) is 16.4. The molecule has 0 amide bonds. The summed E-state index contributed by atoms with van der Waals surface area (Å²) in [6.07, 6.45) is 0. The first-order valence-electron chi connectivity index (χ1n) is 33.7. The normalized spacial score (nSPS) is 14.1. The van der Waals surface area contributed by atoms with E-state index < -0.39 is 104 Å². The summed E-state index contributed by atoms with van der Waals surface area (Å²) in [5.74, 6) is -1.36. The number of nitrogens with zero attached hydrogens (tertiary/aromatic N) is 2. The van der Waals surface area contributed by atoms with Crippen LogP contribution in [0, 0.1) is 11.6 Å². The monoisotopic (exact) mass is 1170 g/mol. The zero-order valence-corrected chi connectivity index (χ0v) is 53.8. The lowest BCUT2D eigenvalue weighted by atomic mass is 9.90. The van der Waals surface area contributed by atoms with E-state index in [1.54, 1.807) is 24.3 Å². The van der Waals surface area contributed by atoms with Crippen molar-refractivity contribution in [1.82, 2.24) is 0 Å². The SMILES string of the molecule is [2H]c1c([2H])c([2H])c(N(c2ccc(-c3cccc([Si](C)(C)C)c3)c(-c3cccc([Si](C)(C)C)c3)c2F)c2ccc3ccc4c(N(c5ccc(-c6cccc([Si](C)(C)C)c6)c(-c6cccc([Si](C)(C)C)c6)c5F)c5c([2H])c([2H])c([2H])c([2H])c5[2H])ccc5ccc2c3c54)c([2H])c1[2H]. The second-order valence-corrected chi connectivity index (χ2v) is 46.5. The van der Waals surface area contributed by atoms with Crippen LogP contribution in [0.25, 0.3) is 76.8 Å². The summed E-state index contributed by atoms with van der Waals surface area (Å²) in [4.78, 5) is 2.90. The molecule has 418 valence electrons. The largest absolute Gasteiger partial charge is 0.307 e. The van der Waals surface area contributed by atoms with Crippen LogP contribution < -0.4 is 30.5 Å². The smallest absolute Gasteiger partial charge is 0.155 e. The Morgan fingerprint density at radius 3 is 0.952 bits per heavy atom. The summed E-state index contributed by atoms with van der Waals surface area (Å²) in [6, 6.07) is 48.3. The quantitative estimate of drug-likeness (QED) is 0.0791. The summed E-state index contributed by atoms with van der Waals surface area (Å²) in [6.45, 7) is 27.0. The Morgan fingerprint density at radius 2 is 0.619 bits per heavy atom. The van der Waals surface area contributed by atoms with Crippen molar-refractivity contribution in [1.29, 1.82) is 0 Å². The number of benzene rings is 12. The molecule has 0 saturated carbocycles. The maximum absolute atomic E-state index is 19.3. The van der Waals surface area contributed by atoms with Crippen LogP contribution in [-0.2, 0) is 0 Å². The molecule has 0 N–H and O–H groups in total. The molecule has 0 bridgehead atoms. The molecule has 84 heavy (non-hydrogen) atoms. The molecule has 0 aliphatic heterocycles. The van der Waals surface area contributed by atoms with E-state index in [9.17, 15) is 5.48 Å². The van der Waals surface area contributed by atoms with Gasteiger partial charge in [0.05, 0.1) is 68.8 Å². The molecular formula is C76H74F2N2Si4. The van der Waals surface area contributed by atoms with E-state index in [-0.39, 0.29) is 45.3 Å². The third kappa shape index (κ3) is 10.5. The first-order valence-corrected chi connectivity index (χ1v) is 42.7. The van der Waals surface area contributed by atoms with Crippen molar-refractivity contribution in [3.05, 3.63) is 242 Å². The second kappa shape index (κ2) is 21.6. The lowest BCUT2D eigenvalue weighted by Crippen LogP contribution is -2.37. The summed E-state index contributed by atoms with van der Waals surface area (Å²) >= 11 is 0. The number of anilines is 6. The average molecular weight is 1180 g/mol. The van der Waals surface area contributed by atoms with Gasteiger partial charge >= 0.3 is 0 Å². The Balaban J connectivity index is 1.17. The van der Waals surface area contributed by atoms with Gasteiger partial charge in [-0.2, -0.15) is 0 Å². The Bertz CT molecular complexity index is 4720. The van der Waals surface area contributed by atoms with Crippen molar-refractivity contribution >= 4 is 119 Å². The highest BCUT2D eigenvalue weighted by atomic mass is 28.3. The maximum Gasteiger partial charge on any atom is 0.155 e. The van der Waals surface area contributed by atoms with Crippen molar-refractivity contribution in [2.45, 2.75) is 78.6 Å². The lowest BCUT2D eigenvalue weighted by molar-refractivity contribution is 0.632. The number of hydrogen-bond acceptors (Lipinski definition) is 2. The molecule has 0 aliphatic rings. The summed E-state index contributed by atoms with van der Waals surface area (Å²) < 4.78 is 131. The predicted molar refractivity (Wildman–Crippen MR) is 373 cm³/mol. The maximum atomic E-state index is 19.3. The lowest BCUT2D eigenvalue weighted by Gasteiger charge is -2.31. The van der Waals surface area contributed by atoms with E-state index in [0.29, 0.717) is 54.6 Å². The minimum Gasteiger partial charge on any atom is -0.307 e. The van der Waals surface area contributed by atoms with E-state index in [0.717, 1.165) is 21.5 Å². The van der Waals surface area contributed by atoms with E-state index >= 15 is 8.78 Å². The number of para-hydroxylation sites is 2. The van der Waals surface area contributed by atoms with Gasteiger partial charge in [0.25, 0.3) is 0 Å². The van der Waals surface area contributed by atoms with Crippen molar-refractivity contribution in [2.24, 2.45) is 0 Å². The van der Waals surface area contributed by atoms with Gasteiger partial charge < -0.3 is 9.80 Å². The number of hydrogen-bond donors (Lipinski definition) is 0. The molecule has 0 heterocycles. The van der Waals surface area contributed by atoms with Crippen molar-refractivity contribution in [3.63, 3.8) is 0 Å². The Morgan fingerprint density at radius 1 is 0.321 bits per heavy atom. The van der Waals surface area contributed by atoms with Gasteiger partial charge in [0.1, 0.15) is 0 Å². The fourth-order valence-electron chi connectivity index (χ4n) is 11.7. The van der Waals surface area contributed by atoms with Gasteiger partial charge in [-0.1, -0.05) is 281 Å². The van der Waals surface area contributed by atoms with E-state index in [1.807, 2.05) is 97.1 Å². The van der Waals surface area contributed by atoms with Crippen LogP contribution in [0.15, 0.2) is 230 Å². The molecule has 12 aromatic carbocycles. The predicted octanol–water partition coefficient (Wildman–Crippen LogP) is 20.7. The molecular weight excluding hydrogens is 1090 g/mol. The van der Waals surface area contributed by atoms with Crippen LogP contribution in [0.5, 0.6) is 0 Å². The van der Waals surface area contributed by atoms with Crippen molar-refractivity contribution in [2.75, 3.05) is 9.80 Å². The molecule has 0 spiro atoms. The molecule has 12 aromatic rings. The van der Waals surface area contributed by atoms with Gasteiger partial charge in [-0.3, -0.25) is 0 Å². The molecule has 0 aromatic heterocycles. The number of rotatable bonds is 14. The van der Waals surface area contributed by atoms with Crippen LogP contribution in [0.3, 0.4) is 0 Å². The van der Waals surface area contributed by atoms with Crippen LogP contribution in [-0.4, -0.2) is 32.3 Å². The minimum absolute atomic E-state index is 0.0718. The Hall–Kier alpha value is -7.99. The molecule has 12 rings (SSSR count). The van der Waals surface area contributed by atoms with Crippen LogP contribution in [0.1, 0.15) is 13.7 Å². The summed E-state index contributed by atoms with van der Waals surface area (Å²) in [5, 5.41) is 8.25. The Kier molecular flexibility index (Phi) is 11.7. The fraction of sp³-hybridized carbons (Fsp3) is 0.158. The fourth-order valence-corrected chi connectivity index (χ4v) is 16.5. The van der Waals surface area contributed by atoms with Gasteiger partial charge in [0.2, 0.25) is 0 Å².